The van der Waals surface area contributed by atoms with E-state index in [0.29, 0.717) is 31.8 Å². The molecule has 3 rings (SSSR count). The van der Waals surface area contributed by atoms with Gasteiger partial charge in [0, 0.05) is 57.8 Å². The number of rotatable bonds is 17. The third-order valence-electron chi connectivity index (χ3n) is 7.72. The highest BCUT2D eigenvalue weighted by Gasteiger charge is 2.22. The first-order chi connectivity index (χ1) is 19.6. The van der Waals surface area contributed by atoms with E-state index in [4.69, 9.17) is 4.74 Å². The molecule has 0 aliphatic carbocycles. The van der Waals surface area contributed by atoms with Crippen molar-refractivity contribution in [3.63, 3.8) is 0 Å². The lowest BCUT2D eigenvalue weighted by atomic mass is 10.1. The maximum atomic E-state index is 13.3. The van der Waals surface area contributed by atoms with Crippen LogP contribution in [0.4, 0.5) is 0 Å². The van der Waals surface area contributed by atoms with Crippen LogP contribution < -0.4 is 4.74 Å². The quantitative estimate of drug-likeness (QED) is 0.226. The molecule has 2 amide bonds. The summed E-state index contributed by atoms with van der Waals surface area (Å²) in [6.45, 7) is 7.53. The van der Waals surface area contributed by atoms with Crippen molar-refractivity contribution in [2.24, 2.45) is 0 Å². The van der Waals surface area contributed by atoms with Gasteiger partial charge in [0.1, 0.15) is 5.75 Å². The number of carbonyl (C=O) groups is 2. The number of benzene rings is 2. The van der Waals surface area contributed by atoms with E-state index in [1.165, 1.54) is 32.1 Å². The van der Waals surface area contributed by atoms with E-state index in [9.17, 15) is 9.59 Å². The zero-order valence-electron chi connectivity index (χ0n) is 24.7. The SMILES string of the molecule is CCCCCCCCCC(=O)N1CCN(CCN(C/C=C/c2ccccc2OC)C(=O)Cc2ccccc2)CC1. The zero-order valence-corrected chi connectivity index (χ0v) is 24.7. The summed E-state index contributed by atoms with van der Waals surface area (Å²) in [5.74, 6) is 1.24. The van der Waals surface area contributed by atoms with Crippen LogP contribution >= 0.6 is 0 Å². The molecule has 0 saturated carbocycles. The molecule has 2 aromatic rings. The van der Waals surface area contributed by atoms with Crippen LogP contribution in [0.5, 0.6) is 5.75 Å². The second-order valence-electron chi connectivity index (χ2n) is 10.7. The monoisotopic (exact) mass is 547 g/mol. The third-order valence-corrected chi connectivity index (χ3v) is 7.72. The fraction of sp³-hybridized carbons (Fsp3) is 0.529. The van der Waals surface area contributed by atoms with Crippen molar-refractivity contribution in [2.75, 3.05) is 52.9 Å². The first kappa shape index (κ1) is 31.4. The summed E-state index contributed by atoms with van der Waals surface area (Å²) in [6, 6.07) is 17.8. The number of hydrogen-bond donors (Lipinski definition) is 0. The van der Waals surface area contributed by atoms with Gasteiger partial charge in [-0.2, -0.15) is 0 Å². The van der Waals surface area contributed by atoms with E-state index in [2.05, 4.69) is 11.8 Å². The lowest BCUT2D eigenvalue weighted by Gasteiger charge is -2.36. The Hall–Kier alpha value is -3.12. The van der Waals surface area contributed by atoms with E-state index in [1.54, 1.807) is 7.11 Å². The van der Waals surface area contributed by atoms with Gasteiger partial charge in [-0.1, -0.05) is 106 Å². The first-order valence-corrected chi connectivity index (χ1v) is 15.2. The van der Waals surface area contributed by atoms with E-state index < -0.39 is 0 Å². The maximum Gasteiger partial charge on any atom is 0.227 e. The molecule has 218 valence electrons. The van der Waals surface area contributed by atoms with Gasteiger partial charge in [-0.15, -0.1) is 0 Å². The molecule has 2 aromatic carbocycles. The molecule has 0 radical (unpaired) electrons. The number of ether oxygens (including phenoxy) is 1. The summed E-state index contributed by atoms with van der Waals surface area (Å²) in [7, 11) is 1.67. The molecule has 40 heavy (non-hydrogen) atoms. The van der Waals surface area contributed by atoms with Gasteiger partial charge in [0.25, 0.3) is 0 Å². The molecule has 0 spiro atoms. The van der Waals surface area contributed by atoms with Gasteiger partial charge in [0.2, 0.25) is 11.8 Å². The Morgan fingerprint density at radius 2 is 1.55 bits per heavy atom. The minimum absolute atomic E-state index is 0.124. The van der Waals surface area contributed by atoms with Crippen LogP contribution in [0.3, 0.4) is 0 Å². The Morgan fingerprint density at radius 1 is 0.875 bits per heavy atom. The largest absolute Gasteiger partial charge is 0.496 e. The Kier molecular flexibility index (Phi) is 14.3. The molecule has 6 heteroatoms. The Balaban J connectivity index is 1.46. The van der Waals surface area contributed by atoms with Crippen LogP contribution in [0.25, 0.3) is 6.08 Å². The van der Waals surface area contributed by atoms with Crippen LogP contribution in [-0.2, 0) is 16.0 Å². The number of hydrogen-bond acceptors (Lipinski definition) is 4. The average Bonchev–Trinajstić information content (AvgIpc) is 2.99. The van der Waals surface area contributed by atoms with E-state index in [1.807, 2.05) is 76.5 Å². The number of unbranched alkanes of at least 4 members (excludes halogenated alkanes) is 6. The van der Waals surface area contributed by atoms with Gasteiger partial charge in [-0.05, 0) is 18.1 Å². The molecule has 1 saturated heterocycles. The molecule has 1 aliphatic rings. The number of para-hydroxylation sites is 1. The summed E-state index contributed by atoms with van der Waals surface area (Å²) in [5, 5.41) is 0. The molecular weight excluding hydrogens is 498 g/mol. The number of methoxy groups -OCH3 is 1. The van der Waals surface area contributed by atoms with Crippen molar-refractivity contribution in [1.29, 1.82) is 0 Å². The van der Waals surface area contributed by atoms with Gasteiger partial charge < -0.3 is 14.5 Å². The van der Waals surface area contributed by atoms with E-state index >= 15 is 0 Å². The maximum absolute atomic E-state index is 13.3. The predicted molar refractivity (Wildman–Crippen MR) is 164 cm³/mol. The highest BCUT2D eigenvalue weighted by atomic mass is 16.5. The molecule has 0 N–H and O–H groups in total. The fourth-order valence-electron chi connectivity index (χ4n) is 5.19. The van der Waals surface area contributed by atoms with Crippen molar-refractivity contribution >= 4 is 17.9 Å². The van der Waals surface area contributed by atoms with Crippen LogP contribution in [0, 0.1) is 0 Å². The minimum Gasteiger partial charge on any atom is -0.496 e. The molecule has 0 atom stereocenters. The second-order valence-corrected chi connectivity index (χ2v) is 10.7. The van der Waals surface area contributed by atoms with Gasteiger partial charge >= 0.3 is 0 Å². The molecular formula is C34H49N3O3. The standard InChI is InChI=1S/C34H49N3O3/c1-3-4-5-6-7-8-12-21-33(38)37-27-24-35(25-28-37)23-26-36(34(39)29-30-16-10-9-11-17-30)22-15-19-31-18-13-14-20-32(31)40-2/h9-11,13-20H,3-8,12,21-29H2,1-2H3/b19-15+. The van der Waals surface area contributed by atoms with Crippen molar-refractivity contribution < 1.29 is 14.3 Å². The molecule has 0 bridgehead atoms. The van der Waals surface area contributed by atoms with Crippen molar-refractivity contribution in [3.05, 3.63) is 71.8 Å². The molecule has 1 heterocycles. The highest BCUT2D eigenvalue weighted by Crippen LogP contribution is 2.19. The lowest BCUT2D eigenvalue weighted by Crippen LogP contribution is -2.50. The Morgan fingerprint density at radius 3 is 2.27 bits per heavy atom. The lowest BCUT2D eigenvalue weighted by molar-refractivity contribution is -0.133. The summed E-state index contributed by atoms with van der Waals surface area (Å²) in [4.78, 5) is 32.3. The molecule has 1 fully saturated rings. The van der Waals surface area contributed by atoms with Crippen LogP contribution in [0.1, 0.15) is 69.4 Å². The van der Waals surface area contributed by atoms with Crippen molar-refractivity contribution in [1.82, 2.24) is 14.7 Å². The van der Waals surface area contributed by atoms with Gasteiger partial charge in [-0.25, -0.2) is 0 Å². The normalized spacial score (nSPS) is 14.0. The van der Waals surface area contributed by atoms with E-state index in [-0.39, 0.29) is 5.91 Å². The number of carbonyl (C=O) groups excluding carboxylic acids is 2. The second kappa shape index (κ2) is 18.3. The molecule has 0 unspecified atom stereocenters. The molecule has 0 aromatic heterocycles. The van der Waals surface area contributed by atoms with Gasteiger partial charge in [0.05, 0.1) is 13.5 Å². The first-order valence-electron chi connectivity index (χ1n) is 15.2. The molecule has 6 nitrogen and oxygen atoms in total. The van der Waals surface area contributed by atoms with Crippen LogP contribution in [0.2, 0.25) is 0 Å². The van der Waals surface area contributed by atoms with Crippen molar-refractivity contribution in [2.45, 2.75) is 64.7 Å². The number of nitrogens with zero attached hydrogens (tertiary/aromatic N) is 3. The van der Waals surface area contributed by atoms with Crippen molar-refractivity contribution in [3.8, 4) is 5.75 Å². The average molecular weight is 548 g/mol. The topological polar surface area (TPSA) is 53.1 Å². The Bertz CT molecular complexity index is 1030. The number of amides is 2. The predicted octanol–water partition coefficient (Wildman–Crippen LogP) is 6.06. The van der Waals surface area contributed by atoms with Gasteiger partial charge in [-0.3, -0.25) is 14.5 Å². The number of piperazine rings is 1. The summed E-state index contributed by atoms with van der Waals surface area (Å²) >= 11 is 0. The summed E-state index contributed by atoms with van der Waals surface area (Å²) in [6.07, 6.45) is 13.8. The highest BCUT2D eigenvalue weighted by molar-refractivity contribution is 5.79. The van der Waals surface area contributed by atoms with E-state index in [0.717, 1.165) is 62.4 Å². The minimum atomic E-state index is 0.124. The van der Waals surface area contributed by atoms with Crippen LogP contribution in [-0.4, -0.2) is 79.4 Å². The Labute approximate surface area is 242 Å². The fourth-order valence-corrected chi connectivity index (χ4v) is 5.19. The van der Waals surface area contributed by atoms with Gasteiger partial charge in [0.15, 0.2) is 0 Å². The smallest absolute Gasteiger partial charge is 0.227 e. The summed E-state index contributed by atoms with van der Waals surface area (Å²) < 4.78 is 5.46. The zero-order chi connectivity index (χ0) is 28.4. The molecule has 1 aliphatic heterocycles. The third kappa shape index (κ3) is 11.2. The summed E-state index contributed by atoms with van der Waals surface area (Å²) in [5.41, 5.74) is 2.03. The van der Waals surface area contributed by atoms with Crippen LogP contribution in [0.15, 0.2) is 60.7 Å².